The van der Waals surface area contributed by atoms with Gasteiger partial charge in [-0.3, -0.25) is 0 Å². The molecule has 0 fully saturated rings. The fourth-order valence-electron chi connectivity index (χ4n) is 1.99. The molecule has 2 rings (SSSR count). The van der Waals surface area contributed by atoms with E-state index >= 15 is 0 Å². The first-order chi connectivity index (χ1) is 8.79. The Balaban J connectivity index is 1.82. The Morgan fingerprint density at radius 2 is 2.00 bits per heavy atom. The van der Waals surface area contributed by atoms with Crippen molar-refractivity contribution in [3.8, 4) is 5.75 Å². The van der Waals surface area contributed by atoms with Crippen molar-refractivity contribution in [2.75, 3.05) is 6.54 Å². The maximum atomic E-state index is 9.22. The topological polar surface area (TPSA) is 32.3 Å². The highest BCUT2D eigenvalue weighted by atomic mass is 32.1. The Hall–Kier alpha value is -1.32. The van der Waals surface area contributed by atoms with E-state index in [-0.39, 0.29) is 0 Å². The van der Waals surface area contributed by atoms with Crippen LogP contribution in [0.25, 0.3) is 0 Å². The molecule has 1 unspecified atom stereocenters. The van der Waals surface area contributed by atoms with Crippen molar-refractivity contribution in [2.45, 2.75) is 25.8 Å². The molecule has 1 atom stereocenters. The minimum Gasteiger partial charge on any atom is -0.508 e. The number of nitrogens with one attached hydrogen (secondary N) is 1. The molecule has 0 aliphatic carbocycles. The van der Waals surface area contributed by atoms with Gasteiger partial charge in [-0.25, -0.2) is 0 Å². The van der Waals surface area contributed by atoms with Crippen LogP contribution in [0, 0.1) is 0 Å². The predicted octanol–water partition coefficient (Wildman–Crippen LogP) is 3.74. The zero-order valence-corrected chi connectivity index (χ0v) is 11.4. The summed E-state index contributed by atoms with van der Waals surface area (Å²) in [6.45, 7) is 3.17. The molecule has 0 radical (unpaired) electrons. The van der Waals surface area contributed by atoms with Gasteiger partial charge < -0.3 is 10.4 Å². The Morgan fingerprint density at radius 3 is 2.61 bits per heavy atom. The first kappa shape index (κ1) is 13.1. The maximum Gasteiger partial charge on any atom is 0.115 e. The molecule has 18 heavy (non-hydrogen) atoms. The average Bonchev–Trinajstić information content (AvgIpc) is 2.91. The predicted molar refractivity (Wildman–Crippen MR) is 77.2 cm³/mol. The lowest BCUT2D eigenvalue weighted by atomic mass is 10.1. The molecule has 0 saturated carbocycles. The molecule has 0 spiro atoms. The van der Waals surface area contributed by atoms with Gasteiger partial charge in [-0.15, -0.1) is 11.3 Å². The smallest absolute Gasteiger partial charge is 0.115 e. The molecule has 96 valence electrons. The quantitative estimate of drug-likeness (QED) is 0.830. The van der Waals surface area contributed by atoms with Crippen LogP contribution in [0.2, 0.25) is 0 Å². The van der Waals surface area contributed by atoms with Gasteiger partial charge in [0.2, 0.25) is 0 Å². The molecule has 2 nitrogen and oxygen atoms in total. The van der Waals surface area contributed by atoms with E-state index in [0.717, 1.165) is 19.4 Å². The number of hydrogen-bond acceptors (Lipinski definition) is 3. The Bertz CT molecular complexity index is 450. The largest absolute Gasteiger partial charge is 0.508 e. The van der Waals surface area contributed by atoms with Crippen LogP contribution in [0.1, 0.15) is 29.8 Å². The van der Waals surface area contributed by atoms with Crippen LogP contribution < -0.4 is 5.32 Å². The van der Waals surface area contributed by atoms with Crippen LogP contribution in [0.3, 0.4) is 0 Å². The molecular weight excluding hydrogens is 242 g/mol. The number of phenols is 1. The minimum atomic E-state index is 0.330. The van der Waals surface area contributed by atoms with E-state index in [2.05, 4.69) is 29.8 Å². The second kappa shape index (κ2) is 6.57. The van der Waals surface area contributed by atoms with Crippen LogP contribution >= 0.6 is 11.3 Å². The molecular formula is C15H19NOS. The van der Waals surface area contributed by atoms with Gasteiger partial charge in [0.15, 0.2) is 0 Å². The van der Waals surface area contributed by atoms with E-state index in [1.54, 1.807) is 12.1 Å². The van der Waals surface area contributed by atoms with E-state index in [4.69, 9.17) is 0 Å². The molecule has 1 aromatic heterocycles. The van der Waals surface area contributed by atoms with E-state index in [1.165, 1.54) is 10.4 Å². The highest BCUT2D eigenvalue weighted by Gasteiger charge is 2.08. The summed E-state index contributed by atoms with van der Waals surface area (Å²) in [5.74, 6) is 0.330. The zero-order chi connectivity index (χ0) is 12.8. The highest BCUT2D eigenvalue weighted by Crippen LogP contribution is 2.21. The molecule has 1 heterocycles. The molecule has 0 aliphatic rings. The maximum absolute atomic E-state index is 9.22. The fraction of sp³-hybridized carbons (Fsp3) is 0.333. The summed E-state index contributed by atoms with van der Waals surface area (Å²) in [5, 5.41) is 14.9. The first-order valence-electron chi connectivity index (χ1n) is 6.34. The van der Waals surface area contributed by atoms with Crippen molar-refractivity contribution in [3.63, 3.8) is 0 Å². The van der Waals surface area contributed by atoms with E-state index in [9.17, 15) is 5.11 Å². The molecule has 1 aromatic carbocycles. The van der Waals surface area contributed by atoms with Crippen LogP contribution in [0.5, 0.6) is 5.75 Å². The fourth-order valence-corrected chi connectivity index (χ4v) is 2.87. The summed E-state index contributed by atoms with van der Waals surface area (Å²) in [4.78, 5) is 1.41. The van der Waals surface area contributed by atoms with Crippen molar-refractivity contribution in [1.82, 2.24) is 5.32 Å². The van der Waals surface area contributed by atoms with Gasteiger partial charge >= 0.3 is 0 Å². The first-order valence-corrected chi connectivity index (χ1v) is 7.22. The number of rotatable bonds is 6. The molecule has 0 bridgehead atoms. The van der Waals surface area contributed by atoms with Crippen LogP contribution in [0.15, 0.2) is 41.8 Å². The molecule has 2 aromatic rings. The van der Waals surface area contributed by atoms with Gasteiger partial charge in [0.1, 0.15) is 5.75 Å². The third kappa shape index (κ3) is 3.59. The molecule has 3 heteroatoms. The van der Waals surface area contributed by atoms with Crippen molar-refractivity contribution in [1.29, 1.82) is 0 Å². The van der Waals surface area contributed by atoms with Crippen LogP contribution in [0.4, 0.5) is 0 Å². The van der Waals surface area contributed by atoms with Crippen LogP contribution in [-0.2, 0) is 6.42 Å². The third-order valence-corrected chi connectivity index (χ3v) is 4.02. The lowest BCUT2D eigenvalue weighted by molar-refractivity contribution is 0.475. The SMILES string of the molecule is CCC(NCCc1ccc(O)cc1)c1cccs1. The summed E-state index contributed by atoms with van der Waals surface area (Å²) >= 11 is 1.81. The van der Waals surface area contributed by atoms with E-state index in [1.807, 2.05) is 23.5 Å². The van der Waals surface area contributed by atoms with Gasteiger partial charge in [0, 0.05) is 10.9 Å². The lowest BCUT2D eigenvalue weighted by Gasteiger charge is -2.15. The van der Waals surface area contributed by atoms with Gasteiger partial charge in [-0.2, -0.15) is 0 Å². The molecule has 2 N–H and O–H groups in total. The Labute approximate surface area is 112 Å². The second-order valence-electron chi connectivity index (χ2n) is 4.35. The molecule has 0 amide bonds. The average molecular weight is 261 g/mol. The summed E-state index contributed by atoms with van der Waals surface area (Å²) in [6, 6.07) is 12.2. The van der Waals surface area contributed by atoms with Crippen molar-refractivity contribution in [2.24, 2.45) is 0 Å². The van der Waals surface area contributed by atoms with Crippen molar-refractivity contribution in [3.05, 3.63) is 52.2 Å². The summed E-state index contributed by atoms with van der Waals surface area (Å²) < 4.78 is 0. The Morgan fingerprint density at radius 1 is 1.22 bits per heavy atom. The number of thiophene rings is 1. The highest BCUT2D eigenvalue weighted by molar-refractivity contribution is 7.10. The summed E-state index contributed by atoms with van der Waals surface area (Å²) in [5.41, 5.74) is 1.25. The number of benzene rings is 1. The lowest BCUT2D eigenvalue weighted by Crippen LogP contribution is -2.22. The van der Waals surface area contributed by atoms with Gasteiger partial charge in [0.05, 0.1) is 0 Å². The minimum absolute atomic E-state index is 0.330. The number of aromatic hydroxyl groups is 1. The number of phenolic OH excluding ortho intramolecular Hbond substituents is 1. The van der Waals surface area contributed by atoms with Crippen LogP contribution in [-0.4, -0.2) is 11.7 Å². The zero-order valence-electron chi connectivity index (χ0n) is 10.6. The summed E-state index contributed by atoms with van der Waals surface area (Å²) in [7, 11) is 0. The van der Waals surface area contributed by atoms with E-state index in [0.29, 0.717) is 11.8 Å². The van der Waals surface area contributed by atoms with E-state index < -0.39 is 0 Å². The monoisotopic (exact) mass is 261 g/mol. The molecule has 0 aliphatic heterocycles. The van der Waals surface area contributed by atoms with Gasteiger partial charge in [-0.05, 0) is 48.5 Å². The molecule has 0 saturated heterocycles. The normalized spacial score (nSPS) is 12.5. The van der Waals surface area contributed by atoms with Crippen molar-refractivity contribution < 1.29 is 5.11 Å². The number of hydrogen-bond donors (Lipinski definition) is 2. The summed E-state index contributed by atoms with van der Waals surface area (Å²) in [6.07, 6.45) is 2.10. The van der Waals surface area contributed by atoms with Gasteiger partial charge in [0.25, 0.3) is 0 Å². The Kier molecular flexibility index (Phi) is 4.79. The van der Waals surface area contributed by atoms with Gasteiger partial charge in [-0.1, -0.05) is 25.1 Å². The van der Waals surface area contributed by atoms with Crippen molar-refractivity contribution >= 4 is 11.3 Å². The standard InChI is InChI=1S/C15H19NOS/c1-2-14(15-4-3-11-18-15)16-10-9-12-5-7-13(17)8-6-12/h3-8,11,14,16-17H,2,9-10H2,1H3. The second-order valence-corrected chi connectivity index (χ2v) is 5.33. The third-order valence-electron chi connectivity index (χ3n) is 3.04.